The molecule has 2 aromatic rings. The number of carbonyl (C=O) groups excluding carboxylic acids is 1. The molecule has 10 heteroatoms. The molecule has 0 unspecified atom stereocenters. The summed E-state index contributed by atoms with van der Waals surface area (Å²) in [6.45, 7) is 6.22. The molecule has 1 saturated heterocycles. The third-order valence-corrected chi connectivity index (χ3v) is 4.04. The highest BCUT2D eigenvalue weighted by Crippen LogP contribution is 2.14. The number of hydrogen-bond donors (Lipinski definition) is 0. The second-order valence-electron chi connectivity index (χ2n) is 5.48. The van der Waals surface area contributed by atoms with E-state index in [1.807, 2.05) is 4.90 Å². The highest BCUT2D eigenvalue weighted by Gasteiger charge is 2.24. The van der Waals surface area contributed by atoms with E-state index >= 15 is 0 Å². The van der Waals surface area contributed by atoms with E-state index in [0.29, 0.717) is 45.3 Å². The first-order valence-electron chi connectivity index (χ1n) is 8.12. The summed E-state index contributed by atoms with van der Waals surface area (Å²) in [5, 5.41) is 0.162. The topological polar surface area (TPSA) is 111 Å². The van der Waals surface area contributed by atoms with Crippen molar-refractivity contribution in [3.05, 3.63) is 27.2 Å². The fraction of sp³-hybridized carbons (Fsp3) is 0.533. The molecular formula is C15H19N5O5. The minimum Gasteiger partial charge on any atom is -0.450 e. The van der Waals surface area contributed by atoms with Gasteiger partial charge in [-0.05, 0) is 13.8 Å². The van der Waals surface area contributed by atoms with Crippen LogP contribution >= 0.6 is 0 Å². The van der Waals surface area contributed by atoms with Crippen molar-refractivity contribution >= 4 is 23.1 Å². The molecule has 0 N–H and O–H groups in total. The first-order valence-corrected chi connectivity index (χ1v) is 8.12. The lowest BCUT2D eigenvalue weighted by atomic mass is 10.3. The van der Waals surface area contributed by atoms with Gasteiger partial charge in [-0.1, -0.05) is 0 Å². The Morgan fingerprint density at radius 2 is 1.96 bits per heavy atom. The monoisotopic (exact) mass is 349 g/mol. The predicted molar refractivity (Wildman–Crippen MR) is 88.8 cm³/mol. The second kappa shape index (κ2) is 6.91. The summed E-state index contributed by atoms with van der Waals surface area (Å²) < 4.78 is 10.9. The Morgan fingerprint density at radius 3 is 2.60 bits per heavy atom. The molecule has 1 aliphatic heterocycles. The van der Waals surface area contributed by atoms with Crippen LogP contribution in [0.2, 0.25) is 0 Å². The van der Waals surface area contributed by atoms with Crippen LogP contribution in [0.3, 0.4) is 0 Å². The summed E-state index contributed by atoms with van der Waals surface area (Å²) in [7, 11) is 0. The zero-order chi connectivity index (χ0) is 18.0. The minimum absolute atomic E-state index is 0.162. The molecule has 10 nitrogen and oxygen atoms in total. The number of aryl methyl sites for hydroxylation is 1. The maximum absolute atomic E-state index is 11.8. The number of fused-ring (bicyclic) bond motifs is 1. The van der Waals surface area contributed by atoms with E-state index in [9.17, 15) is 14.4 Å². The van der Waals surface area contributed by atoms with Crippen molar-refractivity contribution in [2.45, 2.75) is 20.4 Å². The summed E-state index contributed by atoms with van der Waals surface area (Å²) in [6.07, 6.45) is 1.03. The van der Waals surface area contributed by atoms with Crippen LogP contribution in [0.1, 0.15) is 13.8 Å². The number of aromatic nitrogens is 3. The Balaban J connectivity index is 1.87. The van der Waals surface area contributed by atoms with Gasteiger partial charge >= 0.3 is 17.5 Å². The number of rotatable bonds is 3. The van der Waals surface area contributed by atoms with Crippen LogP contribution in [0, 0.1) is 0 Å². The van der Waals surface area contributed by atoms with Crippen molar-refractivity contribution in [2.24, 2.45) is 0 Å². The van der Waals surface area contributed by atoms with Crippen LogP contribution in [-0.4, -0.2) is 58.3 Å². The van der Waals surface area contributed by atoms with E-state index in [2.05, 4.69) is 14.4 Å². The lowest BCUT2D eigenvalue weighted by Gasteiger charge is -2.34. The lowest BCUT2D eigenvalue weighted by molar-refractivity contribution is 0.105. The SMILES string of the molecule is CCOC(=O)N1CCN(c2ncc3c(=O)oc(=O)n(CC)c3n2)CC1. The molecule has 1 amide bonds. The minimum atomic E-state index is -0.747. The van der Waals surface area contributed by atoms with Crippen LogP contribution in [0.5, 0.6) is 0 Å². The summed E-state index contributed by atoms with van der Waals surface area (Å²) >= 11 is 0. The molecule has 0 aliphatic carbocycles. The zero-order valence-electron chi connectivity index (χ0n) is 14.1. The second-order valence-corrected chi connectivity index (χ2v) is 5.48. The number of nitrogens with zero attached hydrogens (tertiary/aromatic N) is 5. The number of anilines is 1. The molecule has 1 fully saturated rings. The highest BCUT2D eigenvalue weighted by molar-refractivity contribution is 5.73. The molecule has 3 heterocycles. The van der Waals surface area contributed by atoms with Gasteiger partial charge < -0.3 is 19.0 Å². The van der Waals surface area contributed by atoms with Gasteiger partial charge in [-0.2, -0.15) is 4.98 Å². The Morgan fingerprint density at radius 1 is 1.24 bits per heavy atom. The number of ether oxygens (including phenoxy) is 1. The molecule has 0 bridgehead atoms. The molecule has 0 spiro atoms. The van der Waals surface area contributed by atoms with Gasteiger partial charge in [-0.3, -0.25) is 4.57 Å². The molecule has 0 radical (unpaired) electrons. The van der Waals surface area contributed by atoms with Crippen molar-refractivity contribution < 1.29 is 13.9 Å². The Labute approximate surface area is 142 Å². The molecular weight excluding hydrogens is 330 g/mol. The van der Waals surface area contributed by atoms with Crippen LogP contribution in [0.4, 0.5) is 10.7 Å². The fourth-order valence-electron chi connectivity index (χ4n) is 2.72. The van der Waals surface area contributed by atoms with Crippen molar-refractivity contribution in [3.63, 3.8) is 0 Å². The Bertz CT molecular complexity index is 897. The standard InChI is InChI=1S/C15H19N5O5/c1-3-20-11-10(12(21)25-15(20)23)9-16-13(17-11)18-5-7-19(8-6-18)14(22)24-4-2/h9H,3-8H2,1-2H3. The van der Waals surface area contributed by atoms with Crippen LogP contribution in [-0.2, 0) is 11.3 Å². The molecule has 2 aromatic heterocycles. The van der Waals surface area contributed by atoms with Crippen molar-refractivity contribution in [1.29, 1.82) is 0 Å². The molecule has 134 valence electrons. The van der Waals surface area contributed by atoms with Gasteiger partial charge in [-0.15, -0.1) is 0 Å². The van der Waals surface area contributed by atoms with Gasteiger partial charge in [0.15, 0.2) is 5.65 Å². The van der Waals surface area contributed by atoms with Gasteiger partial charge in [0, 0.05) is 38.9 Å². The number of amides is 1. The number of hydrogen-bond acceptors (Lipinski definition) is 8. The van der Waals surface area contributed by atoms with E-state index in [0.717, 1.165) is 0 Å². The summed E-state index contributed by atoms with van der Waals surface area (Å²) in [6, 6.07) is 0. The van der Waals surface area contributed by atoms with Gasteiger partial charge in [0.05, 0.1) is 6.61 Å². The molecule has 0 aromatic carbocycles. The third kappa shape index (κ3) is 3.19. The van der Waals surface area contributed by atoms with Crippen LogP contribution in [0.25, 0.3) is 11.0 Å². The smallest absolute Gasteiger partial charge is 0.423 e. The molecule has 25 heavy (non-hydrogen) atoms. The normalized spacial score (nSPS) is 14.8. The van der Waals surface area contributed by atoms with Crippen LogP contribution in [0.15, 0.2) is 20.2 Å². The highest BCUT2D eigenvalue weighted by atomic mass is 16.6. The van der Waals surface area contributed by atoms with E-state index in [-0.39, 0.29) is 17.1 Å². The van der Waals surface area contributed by atoms with E-state index < -0.39 is 11.4 Å². The fourth-order valence-corrected chi connectivity index (χ4v) is 2.72. The third-order valence-electron chi connectivity index (χ3n) is 4.04. The maximum Gasteiger partial charge on any atom is 0.423 e. The first-order chi connectivity index (χ1) is 12.0. The summed E-state index contributed by atoms with van der Waals surface area (Å²) in [5.74, 6) is -0.333. The molecule has 3 rings (SSSR count). The van der Waals surface area contributed by atoms with Crippen molar-refractivity contribution in [1.82, 2.24) is 19.4 Å². The van der Waals surface area contributed by atoms with E-state index in [4.69, 9.17) is 4.74 Å². The van der Waals surface area contributed by atoms with Gasteiger partial charge in [-0.25, -0.2) is 19.4 Å². The van der Waals surface area contributed by atoms with Gasteiger partial charge in [0.1, 0.15) is 5.39 Å². The van der Waals surface area contributed by atoms with Gasteiger partial charge in [0.25, 0.3) is 0 Å². The lowest BCUT2D eigenvalue weighted by Crippen LogP contribution is -2.49. The summed E-state index contributed by atoms with van der Waals surface area (Å²) in [4.78, 5) is 47.5. The van der Waals surface area contributed by atoms with E-state index in [1.165, 1.54) is 10.8 Å². The Kier molecular flexibility index (Phi) is 4.68. The largest absolute Gasteiger partial charge is 0.450 e. The molecule has 0 saturated carbocycles. The van der Waals surface area contributed by atoms with Crippen LogP contribution < -0.4 is 16.3 Å². The van der Waals surface area contributed by atoms with Gasteiger partial charge in [0.2, 0.25) is 5.95 Å². The molecule has 0 atom stereocenters. The predicted octanol–water partition coefficient (Wildman–Crippen LogP) is 0.0431. The first kappa shape index (κ1) is 16.9. The zero-order valence-corrected chi connectivity index (χ0v) is 14.1. The Hall–Kier alpha value is -2.91. The summed E-state index contributed by atoms with van der Waals surface area (Å²) in [5.41, 5.74) is -0.495. The number of carbonyl (C=O) groups is 1. The van der Waals surface area contributed by atoms with Crippen molar-refractivity contribution in [3.8, 4) is 0 Å². The van der Waals surface area contributed by atoms with E-state index in [1.54, 1.807) is 18.7 Å². The maximum atomic E-state index is 11.8. The average molecular weight is 349 g/mol. The number of piperazine rings is 1. The molecule has 1 aliphatic rings. The average Bonchev–Trinajstić information content (AvgIpc) is 2.62. The van der Waals surface area contributed by atoms with Crippen molar-refractivity contribution in [2.75, 3.05) is 37.7 Å². The quantitative estimate of drug-likeness (QED) is 0.764.